The topological polar surface area (TPSA) is 37.8 Å². The summed E-state index contributed by atoms with van der Waals surface area (Å²) in [5.41, 5.74) is 3.54. The third-order valence-corrected chi connectivity index (χ3v) is 3.12. The number of halogens is 1. The zero-order valence-electron chi connectivity index (χ0n) is 11.5. The third-order valence-electron chi connectivity index (χ3n) is 2.71. The Labute approximate surface area is 122 Å². The van der Waals surface area contributed by atoms with Gasteiger partial charge in [-0.2, -0.15) is 0 Å². The fourth-order valence-corrected chi connectivity index (χ4v) is 2.48. The molecule has 0 aliphatic rings. The Morgan fingerprint density at radius 3 is 2.37 bits per heavy atom. The SMILES string of the molecule is CCCc1nc(Br)cc(Nc2cc(C)cc(C)c2)n1. The summed E-state index contributed by atoms with van der Waals surface area (Å²) < 4.78 is 0.817. The summed E-state index contributed by atoms with van der Waals surface area (Å²) in [5, 5.41) is 3.34. The van der Waals surface area contributed by atoms with Crippen molar-refractivity contribution in [2.75, 3.05) is 5.32 Å². The van der Waals surface area contributed by atoms with Gasteiger partial charge in [0, 0.05) is 18.2 Å². The van der Waals surface area contributed by atoms with E-state index in [1.165, 1.54) is 11.1 Å². The summed E-state index contributed by atoms with van der Waals surface area (Å²) in [7, 11) is 0. The summed E-state index contributed by atoms with van der Waals surface area (Å²) in [5.74, 6) is 1.69. The van der Waals surface area contributed by atoms with E-state index in [0.717, 1.165) is 34.8 Å². The first kappa shape index (κ1) is 14.0. The van der Waals surface area contributed by atoms with Crippen molar-refractivity contribution in [2.45, 2.75) is 33.6 Å². The van der Waals surface area contributed by atoms with E-state index in [1.54, 1.807) is 0 Å². The number of rotatable bonds is 4. The van der Waals surface area contributed by atoms with Gasteiger partial charge in [0.25, 0.3) is 0 Å². The van der Waals surface area contributed by atoms with E-state index in [0.29, 0.717) is 0 Å². The molecule has 0 unspecified atom stereocenters. The number of aromatic nitrogens is 2. The van der Waals surface area contributed by atoms with Crippen molar-refractivity contribution in [1.82, 2.24) is 9.97 Å². The Morgan fingerprint density at radius 2 is 1.74 bits per heavy atom. The molecule has 2 aromatic rings. The zero-order chi connectivity index (χ0) is 13.8. The van der Waals surface area contributed by atoms with Gasteiger partial charge in [-0.1, -0.05) is 13.0 Å². The van der Waals surface area contributed by atoms with E-state index in [4.69, 9.17) is 0 Å². The second-order valence-electron chi connectivity index (χ2n) is 4.74. The lowest BCUT2D eigenvalue weighted by molar-refractivity contribution is 0.831. The normalized spacial score (nSPS) is 10.5. The van der Waals surface area contributed by atoms with Crippen molar-refractivity contribution < 1.29 is 0 Å². The molecule has 0 aliphatic carbocycles. The van der Waals surface area contributed by atoms with Crippen LogP contribution in [0.1, 0.15) is 30.3 Å². The van der Waals surface area contributed by atoms with Crippen molar-refractivity contribution in [1.29, 1.82) is 0 Å². The molecule has 0 radical (unpaired) electrons. The van der Waals surface area contributed by atoms with Crippen molar-refractivity contribution in [3.05, 3.63) is 45.8 Å². The molecular formula is C15H18BrN3. The molecule has 100 valence electrons. The van der Waals surface area contributed by atoms with E-state index in [-0.39, 0.29) is 0 Å². The van der Waals surface area contributed by atoms with Crippen LogP contribution in [0.15, 0.2) is 28.9 Å². The molecule has 1 N–H and O–H groups in total. The first-order valence-corrected chi connectivity index (χ1v) is 7.25. The molecule has 2 rings (SSSR count). The molecule has 0 amide bonds. The van der Waals surface area contributed by atoms with Crippen molar-refractivity contribution in [2.24, 2.45) is 0 Å². The third kappa shape index (κ3) is 4.03. The molecule has 0 saturated heterocycles. The molecule has 1 aromatic carbocycles. The standard InChI is InChI=1S/C15H18BrN3/c1-4-5-14-18-13(16)9-15(19-14)17-12-7-10(2)6-11(3)8-12/h6-9H,4-5H2,1-3H3,(H,17,18,19). The maximum atomic E-state index is 4.53. The summed E-state index contributed by atoms with van der Waals surface area (Å²) >= 11 is 3.43. The maximum absolute atomic E-state index is 4.53. The molecule has 4 heteroatoms. The Morgan fingerprint density at radius 1 is 1.05 bits per heavy atom. The summed E-state index contributed by atoms with van der Waals surface area (Å²) in [6.45, 7) is 6.31. The van der Waals surface area contributed by atoms with Crippen LogP contribution in [-0.4, -0.2) is 9.97 Å². The number of benzene rings is 1. The van der Waals surface area contributed by atoms with E-state index < -0.39 is 0 Å². The number of nitrogens with one attached hydrogen (secondary N) is 1. The van der Waals surface area contributed by atoms with Crippen LogP contribution in [0, 0.1) is 13.8 Å². The lowest BCUT2D eigenvalue weighted by atomic mass is 10.1. The highest BCUT2D eigenvalue weighted by Gasteiger charge is 2.03. The zero-order valence-corrected chi connectivity index (χ0v) is 13.1. The van der Waals surface area contributed by atoms with Gasteiger partial charge in [-0.15, -0.1) is 0 Å². The predicted molar refractivity (Wildman–Crippen MR) is 82.9 cm³/mol. The molecule has 0 bridgehead atoms. The van der Waals surface area contributed by atoms with Gasteiger partial charge in [0.2, 0.25) is 0 Å². The van der Waals surface area contributed by atoms with Crippen molar-refractivity contribution in [3.8, 4) is 0 Å². The van der Waals surface area contributed by atoms with Crippen molar-refractivity contribution in [3.63, 3.8) is 0 Å². The lowest BCUT2D eigenvalue weighted by Gasteiger charge is -2.09. The van der Waals surface area contributed by atoms with Gasteiger partial charge < -0.3 is 5.32 Å². The fraction of sp³-hybridized carbons (Fsp3) is 0.333. The summed E-state index contributed by atoms with van der Waals surface area (Å²) in [6, 6.07) is 8.28. The minimum Gasteiger partial charge on any atom is -0.340 e. The van der Waals surface area contributed by atoms with E-state index in [1.807, 2.05) is 6.07 Å². The Balaban J connectivity index is 2.27. The monoisotopic (exact) mass is 319 g/mol. The Bertz CT molecular complexity index is 561. The molecule has 0 atom stereocenters. The van der Waals surface area contributed by atoms with Gasteiger partial charge in [-0.25, -0.2) is 9.97 Å². The van der Waals surface area contributed by atoms with Crippen LogP contribution in [-0.2, 0) is 6.42 Å². The predicted octanol–water partition coefficient (Wildman–Crippen LogP) is 4.55. The summed E-state index contributed by atoms with van der Waals surface area (Å²) in [4.78, 5) is 8.89. The maximum Gasteiger partial charge on any atom is 0.135 e. The van der Waals surface area contributed by atoms with E-state index >= 15 is 0 Å². The molecule has 1 aromatic heterocycles. The van der Waals surface area contributed by atoms with Gasteiger partial charge in [-0.3, -0.25) is 0 Å². The molecule has 19 heavy (non-hydrogen) atoms. The van der Waals surface area contributed by atoms with Gasteiger partial charge in [0.1, 0.15) is 16.2 Å². The quantitative estimate of drug-likeness (QED) is 0.840. The number of aryl methyl sites for hydroxylation is 3. The number of hydrogen-bond donors (Lipinski definition) is 1. The van der Waals surface area contributed by atoms with Crippen LogP contribution in [0.25, 0.3) is 0 Å². The fourth-order valence-electron chi connectivity index (χ4n) is 2.06. The number of anilines is 2. The van der Waals surface area contributed by atoms with Crippen LogP contribution < -0.4 is 5.32 Å². The molecule has 0 aliphatic heterocycles. The minimum atomic E-state index is 0.817. The minimum absolute atomic E-state index is 0.817. The second kappa shape index (κ2) is 6.15. The average Bonchev–Trinajstić information content (AvgIpc) is 2.26. The highest BCUT2D eigenvalue weighted by Crippen LogP contribution is 2.20. The van der Waals surface area contributed by atoms with Crippen molar-refractivity contribution >= 4 is 27.4 Å². The first-order chi connectivity index (χ1) is 9.06. The molecule has 0 saturated carbocycles. The smallest absolute Gasteiger partial charge is 0.135 e. The molecule has 1 heterocycles. The van der Waals surface area contributed by atoms with Crippen LogP contribution in [0.5, 0.6) is 0 Å². The average molecular weight is 320 g/mol. The highest BCUT2D eigenvalue weighted by molar-refractivity contribution is 9.10. The van der Waals surface area contributed by atoms with Crippen LogP contribution in [0.4, 0.5) is 11.5 Å². The Kier molecular flexibility index (Phi) is 4.53. The van der Waals surface area contributed by atoms with Crippen LogP contribution in [0.2, 0.25) is 0 Å². The first-order valence-electron chi connectivity index (χ1n) is 6.45. The number of nitrogens with zero attached hydrogens (tertiary/aromatic N) is 2. The van der Waals surface area contributed by atoms with Gasteiger partial charge in [0.15, 0.2) is 0 Å². The van der Waals surface area contributed by atoms with Gasteiger partial charge in [0.05, 0.1) is 0 Å². The van der Waals surface area contributed by atoms with E-state index in [2.05, 4.69) is 70.2 Å². The summed E-state index contributed by atoms with van der Waals surface area (Å²) in [6.07, 6.45) is 1.93. The largest absolute Gasteiger partial charge is 0.340 e. The lowest BCUT2D eigenvalue weighted by Crippen LogP contribution is -2.01. The molecule has 0 spiro atoms. The molecule has 3 nitrogen and oxygen atoms in total. The van der Waals surface area contributed by atoms with E-state index in [9.17, 15) is 0 Å². The molecular weight excluding hydrogens is 302 g/mol. The Hall–Kier alpha value is -1.42. The van der Waals surface area contributed by atoms with Crippen LogP contribution in [0.3, 0.4) is 0 Å². The van der Waals surface area contributed by atoms with Crippen LogP contribution >= 0.6 is 15.9 Å². The van der Waals surface area contributed by atoms with Gasteiger partial charge >= 0.3 is 0 Å². The molecule has 0 fully saturated rings. The number of hydrogen-bond acceptors (Lipinski definition) is 3. The second-order valence-corrected chi connectivity index (χ2v) is 5.56. The van der Waals surface area contributed by atoms with Gasteiger partial charge in [-0.05, 0) is 59.5 Å². The highest BCUT2D eigenvalue weighted by atomic mass is 79.9.